The first-order valence-electron chi connectivity index (χ1n) is 8.16. The minimum atomic E-state index is 0.00543. The summed E-state index contributed by atoms with van der Waals surface area (Å²) >= 11 is 0. The summed E-state index contributed by atoms with van der Waals surface area (Å²) in [7, 11) is 0. The van der Waals surface area contributed by atoms with Crippen molar-refractivity contribution in [2.24, 2.45) is 21.8 Å². The fourth-order valence-electron chi connectivity index (χ4n) is 2.59. The van der Waals surface area contributed by atoms with Gasteiger partial charge in [0.05, 0.1) is 11.1 Å². The van der Waals surface area contributed by atoms with Crippen LogP contribution in [0.2, 0.25) is 0 Å². The van der Waals surface area contributed by atoms with Gasteiger partial charge >= 0.3 is 0 Å². The first kappa shape index (κ1) is 19.3. The summed E-state index contributed by atoms with van der Waals surface area (Å²) in [4.78, 5) is 8.99. The molecule has 0 fully saturated rings. The summed E-state index contributed by atoms with van der Waals surface area (Å²) in [6.07, 6.45) is 7.97. The van der Waals surface area contributed by atoms with Crippen LogP contribution in [0.5, 0.6) is 0 Å². The standard InChI is InChI=1S/C18H36N2/c1-9-11-16(3)18(6,7)20-13-10-12-15(2)14-17(4,5)19-8/h13,15-16H,8-12,14H2,1-7H3/b20-13+. The molecule has 0 aliphatic rings. The van der Waals surface area contributed by atoms with Crippen LogP contribution in [-0.4, -0.2) is 24.0 Å². The van der Waals surface area contributed by atoms with E-state index in [1.54, 1.807) is 0 Å². The maximum absolute atomic E-state index is 4.80. The van der Waals surface area contributed by atoms with E-state index in [9.17, 15) is 0 Å². The van der Waals surface area contributed by atoms with Gasteiger partial charge in [0.2, 0.25) is 0 Å². The lowest BCUT2D eigenvalue weighted by Gasteiger charge is -2.27. The lowest BCUT2D eigenvalue weighted by molar-refractivity contribution is 0.327. The molecule has 0 saturated heterocycles. The van der Waals surface area contributed by atoms with Gasteiger partial charge in [0.15, 0.2) is 0 Å². The largest absolute Gasteiger partial charge is 0.295 e. The molecule has 0 aliphatic carbocycles. The van der Waals surface area contributed by atoms with Gasteiger partial charge in [-0.15, -0.1) is 0 Å². The second-order valence-electron chi connectivity index (χ2n) is 7.51. The highest BCUT2D eigenvalue weighted by atomic mass is 14.8. The molecule has 0 bridgehead atoms. The molecule has 0 amide bonds. The zero-order chi connectivity index (χ0) is 15.8. The summed E-state index contributed by atoms with van der Waals surface area (Å²) in [6.45, 7) is 19.3. The highest BCUT2D eigenvalue weighted by Crippen LogP contribution is 2.26. The van der Waals surface area contributed by atoms with Crippen LogP contribution in [0.25, 0.3) is 0 Å². The molecule has 0 saturated carbocycles. The molecular weight excluding hydrogens is 244 g/mol. The molecule has 0 N–H and O–H groups in total. The lowest BCUT2D eigenvalue weighted by Crippen LogP contribution is -2.27. The van der Waals surface area contributed by atoms with E-state index in [0.717, 1.165) is 12.8 Å². The van der Waals surface area contributed by atoms with Gasteiger partial charge < -0.3 is 0 Å². The van der Waals surface area contributed by atoms with E-state index in [-0.39, 0.29) is 11.1 Å². The van der Waals surface area contributed by atoms with Crippen LogP contribution in [0.4, 0.5) is 0 Å². The van der Waals surface area contributed by atoms with Gasteiger partial charge in [-0.1, -0.05) is 27.2 Å². The molecule has 118 valence electrons. The van der Waals surface area contributed by atoms with Gasteiger partial charge in [0.25, 0.3) is 0 Å². The SMILES string of the molecule is C=NC(C)(C)CC(C)CC/C=N/C(C)(C)C(C)CCC. The fraction of sp³-hybridized carbons (Fsp3) is 0.889. The maximum atomic E-state index is 4.80. The average Bonchev–Trinajstić information content (AvgIpc) is 2.34. The van der Waals surface area contributed by atoms with E-state index < -0.39 is 0 Å². The fourth-order valence-corrected chi connectivity index (χ4v) is 2.59. The molecule has 0 spiro atoms. The molecule has 2 unspecified atom stereocenters. The first-order valence-corrected chi connectivity index (χ1v) is 8.16. The van der Waals surface area contributed by atoms with Crippen LogP contribution in [0.3, 0.4) is 0 Å². The van der Waals surface area contributed by atoms with Crippen LogP contribution >= 0.6 is 0 Å². The van der Waals surface area contributed by atoms with Crippen molar-refractivity contribution in [1.29, 1.82) is 0 Å². The quantitative estimate of drug-likeness (QED) is 0.468. The zero-order valence-electron chi connectivity index (χ0n) is 14.9. The molecule has 0 aromatic rings. The summed E-state index contributed by atoms with van der Waals surface area (Å²) in [5.41, 5.74) is 0.0761. The van der Waals surface area contributed by atoms with E-state index >= 15 is 0 Å². The van der Waals surface area contributed by atoms with Gasteiger partial charge in [-0.2, -0.15) is 0 Å². The number of aliphatic imine (C=N–C) groups is 2. The third-order valence-electron chi connectivity index (χ3n) is 4.42. The Morgan fingerprint density at radius 3 is 2.20 bits per heavy atom. The third kappa shape index (κ3) is 7.81. The molecule has 2 nitrogen and oxygen atoms in total. The molecule has 2 heteroatoms. The first-order chi connectivity index (χ1) is 9.14. The second kappa shape index (κ2) is 8.59. The van der Waals surface area contributed by atoms with Crippen molar-refractivity contribution < 1.29 is 0 Å². The third-order valence-corrected chi connectivity index (χ3v) is 4.42. The Morgan fingerprint density at radius 1 is 1.10 bits per heavy atom. The van der Waals surface area contributed by atoms with Crippen LogP contribution < -0.4 is 0 Å². The van der Waals surface area contributed by atoms with E-state index in [1.807, 2.05) is 0 Å². The Bertz CT molecular complexity index is 303. The lowest BCUT2D eigenvalue weighted by atomic mass is 9.86. The Kier molecular flexibility index (Phi) is 8.30. The molecule has 2 atom stereocenters. The van der Waals surface area contributed by atoms with Crippen molar-refractivity contribution in [3.8, 4) is 0 Å². The molecular formula is C18H36N2. The van der Waals surface area contributed by atoms with Crippen molar-refractivity contribution in [1.82, 2.24) is 0 Å². The normalized spacial score (nSPS) is 16.4. The van der Waals surface area contributed by atoms with Crippen molar-refractivity contribution >= 4 is 12.9 Å². The molecule has 0 radical (unpaired) electrons. The van der Waals surface area contributed by atoms with Gasteiger partial charge in [-0.05, 0) is 78.1 Å². The topological polar surface area (TPSA) is 24.7 Å². The summed E-state index contributed by atoms with van der Waals surface area (Å²) in [5.74, 6) is 1.31. The molecule has 0 rings (SSSR count). The van der Waals surface area contributed by atoms with E-state index in [2.05, 4.69) is 66.4 Å². The Labute approximate surface area is 127 Å². The summed E-state index contributed by atoms with van der Waals surface area (Å²) < 4.78 is 0. The van der Waals surface area contributed by atoms with Gasteiger partial charge in [0.1, 0.15) is 0 Å². The van der Waals surface area contributed by atoms with E-state index in [0.29, 0.717) is 11.8 Å². The van der Waals surface area contributed by atoms with Crippen molar-refractivity contribution in [2.75, 3.05) is 0 Å². The molecule has 0 aromatic carbocycles. The highest BCUT2D eigenvalue weighted by Gasteiger charge is 2.23. The number of hydrogen-bond donors (Lipinski definition) is 0. The number of rotatable bonds is 10. The minimum Gasteiger partial charge on any atom is -0.295 e. The van der Waals surface area contributed by atoms with Crippen LogP contribution in [-0.2, 0) is 0 Å². The smallest absolute Gasteiger partial charge is 0.0573 e. The summed E-state index contributed by atoms with van der Waals surface area (Å²) in [5, 5.41) is 0. The van der Waals surface area contributed by atoms with Crippen LogP contribution in [0, 0.1) is 11.8 Å². The average molecular weight is 280 g/mol. The van der Waals surface area contributed by atoms with Crippen molar-refractivity contribution in [3.05, 3.63) is 0 Å². The van der Waals surface area contributed by atoms with Gasteiger partial charge in [-0.25, -0.2) is 0 Å². The Hall–Kier alpha value is -0.660. The van der Waals surface area contributed by atoms with E-state index in [4.69, 9.17) is 4.99 Å². The predicted molar refractivity (Wildman–Crippen MR) is 93.3 cm³/mol. The van der Waals surface area contributed by atoms with Crippen molar-refractivity contribution in [2.45, 2.75) is 91.6 Å². The summed E-state index contributed by atoms with van der Waals surface area (Å²) in [6, 6.07) is 0. The number of nitrogens with zero attached hydrogens (tertiary/aromatic N) is 2. The molecule has 0 heterocycles. The van der Waals surface area contributed by atoms with Crippen molar-refractivity contribution in [3.63, 3.8) is 0 Å². The molecule has 20 heavy (non-hydrogen) atoms. The van der Waals surface area contributed by atoms with Crippen LogP contribution in [0.15, 0.2) is 9.98 Å². The van der Waals surface area contributed by atoms with Crippen LogP contribution in [0.1, 0.15) is 80.6 Å². The Morgan fingerprint density at radius 2 is 1.70 bits per heavy atom. The highest BCUT2D eigenvalue weighted by molar-refractivity contribution is 5.57. The molecule has 0 aromatic heterocycles. The van der Waals surface area contributed by atoms with Gasteiger partial charge in [0, 0.05) is 0 Å². The van der Waals surface area contributed by atoms with E-state index in [1.165, 1.54) is 19.3 Å². The maximum Gasteiger partial charge on any atom is 0.0573 e. The predicted octanol–water partition coefficient (Wildman–Crippen LogP) is 5.56. The zero-order valence-corrected chi connectivity index (χ0v) is 14.9. The monoisotopic (exact) mass is 280 g/mol. The minimum absolute atomic E-state index is 0.00543. The molecule has 0 aliphatic heterocycles. The second-order valence-corrected chi connectivity index (χ2v) is 7.51. The number of hydrogen-bond acceptors (Lipinski definition) is 2. The van der Waals surface area contributed by atoms with Gasteiger partial charge in [-0.3, -0.25) is 9.98 Å². The Balaban J connectivity index is 4.16.